The Balaban J connectivity index is 0.00000300. The Morgan fingerprint density at radius 3 is 2.28 bits per heavy atom. The van der Waals surface area contributed by atoms with Crippen LogP contribution in [0, 0.1) is 0 Å². The smallest absolute Gasteiger partial charge is 0.422 e. The highest BCUT2D eigenvalue weighted by Crippen LogP contribution is 2.32. The third kappa shape index (κ3) is 7.18. The molecule has 0 aliphatic carbocycles. The molecule has 1 aliphatic rings. The van der Waals surface area contributed by atoms with Crippen LogP contribution in [0.25, 0.3) is 0 Å². The highest BCUT2D eigenvalue weighted by Gasteiger charge is 2.28. The zero-order chi connectivity index (χ0) is 20.0. The average Bonchev–Trinajstić information content (AvgIpc) is 3.14. The maximum Gasteiger partial charge on any atom is 0.422 e. The largest absolute Gasteiger partial charge is 0.484 e. The minimum atomic E-state index is -4.35. The van der Waals surface area contributed by atoms with Crippen molar-refractivity contribution >= 4 is 29.9 Å². The van der Waals surface area contributed by atoms with E-state index >= 15 is 0 Å². The number of guanidine groups is 1. The fourth-order valence-corrected chi connectivity index (χ4v) is 2.51. The molecule has 0 fully saturated rings. The first kappa shape index (κ1) is 22.9. The summed E-state index contributed by atoms with van der Waals surface area (Å²) in [7, 11) is 1.66. The van der Waals surface area contributed by atoms with Crippen LogP contribution in [0.4, 0.5) is 13.2 Å². The van der Waals surface area contributed by atoms with Gasteiger partial charge in [-0.3, -0.25) is 4.99 Å². The van der Waals surface area contributed by atoms with Crippen LogP contribution in [0.3, 0.4) is 0 Å². The summed E-state index contributed by atoms with van der Waals surface area (Å²) < 4.78 is 51.8. The van der Waals surface area contributed by atoms with Crippen molar-refractivity contribution in [2.45, 2.75) is 19.3 Å². The first-order valence-electron chi connectivity index (χ1n) is 8.54. The van der Waals surface area contributed by atoms with Crippen LogP contribution in [0.15, 0.2) is 47.5 Å². The highest BCUT2D eigenvalue weighted by atomic mass is 127. The summed E-state index contributed by atoms with van der Waals surface area (Å²) in [5.41, 5.74) is 1.89. The molecule has 0 unspecified atom stereocenters. The number of fused-ring (bicyclic) bond motifs is 1. The number of hydrogen-bond donors (Lipinski definition) is 2. The van der Waals surface area contributed by atoms with Gasteiger partial charge in [-0.05, 0) is 35.4 Å². The van der Waals surface area contributed by atoms with Crippen molar-refractivity contribution in [1.82, 2.24) is 10.6 Å². The van der Waals surface area contributed by atoms with Gasteiger partial charge in [0.15, 0.2) is 24.1 Å². The Labute approximate surface area is 183 Å². The summed E-state index contributed by atoms with van der Waals surface area (Å²) in [4.78, 5) is 4.15. The number of benzene rings is 2. The molecule has 3 rings (SSSR count). The minimum Gasteiger partial charge on any atom is -0.484 e. The van der Waals surface area contributed by atoms with E-state index in [-0.39, 0.29) is 36.5 Å². The van der Waals surface area contributed by atoms with Crippen LogP contribution in [0.2, 0.25) is 0 Å². The standard InChI is InChI=1S/C19H20F3N3O3.HI/c1-23-18(25-10-14-4-7-16-17(8-14)28-12-27-16)24-9-13-2-5-15(6-3-13)26-11-19(20,21)22;/h2-8H,9-12H2,1H3,(H2,23,24,25);1H. The molecule has 2 aromatic carbocycles. The van der Waals surface area contributed by atoms with E-state index in [1.807, 2.05) is 18.2 Å². The van der Waals surface area contributed by atoms with Crippen LogP contribution in [-0.4, -0.2) is 32.6 Å². The molecule has 6 nitrogen and oxygen atoms in total. The third-order valence-electron chi connectivity index (χ3n) is 3.91. The van der Waals surface area contributed by atoms with Gasteiger partial charge in [-0.15, -0.1) is 24.0 Å². The summed E-state index contributed by atoms with van der Waals surface area (Å²) in [5.74, 6) is 2.21. The molecule has 0 saturated heterocycles. The summed E-state index contributed by atoms with van der Waals surface area (Å²) >= 11 is 0. The van der Waals surface area contributed by atoms with Crippen molar-refractivity contribution < 1.29 is 27.4 Å². The lowest BCUT2D eigenvalue weighted by molar-refractivity contribution is -0.153. The van der Waals surface area contributed by atoms with Crippen LogP contribution in [-0.2, 0) is 13.1 Å². The van der Waals surface area contributed by atoms with Gasteiger partial charge in [-0.25, -0.2) is 0 Å². The van der Waals surface area contributed by atoms with E-state index in [1.54, 1.807) is 19.2 Å². The molecule has 10 heteroatoms. The molecule has 0 atom stereocenters. The predicted molar refractivity (Wildman–Crippen MR) is 113 cm³/mol. The molecule has 2 N–H and O–H groups in total. The highest BCUT2D eigenvalue weighted by molar-refractivity contribution is 14.0. The Bertz CT molecular complexity index is 830. The normalized spacial score (nSPS) is 12.9. The van der Waals surface area contributed by atoms with Crippen molar-refractivity contribution in [3.05, 3.63) is 53.6 Å². The van der Waals surface area contributed by atoms with Gasteiger partial charge in [-0.1, -0.05) is 18.2 Å². The second kappa shape index (κ2) is 10.4. The summed E-state index contributed by atoms with van der Waals surface area (Å²) in [6.45, 7) is -0.0720. The Hall–Kier alpha value is -2.37. The van der Waals surface area contributed by atoms with Crippen LogP contribution in [0.1, 0.15) is 11.1 Å². The van der Waals surface area contributed by atoms with Gasteiger partial charge < -0.3 is 24.8 Å². The number of hydrogen-bond acceptors (Lipinski definition) is 4. The van der Waals surface area contributed by atoms with E-state index in [9.17, 15) is 13.2 Å². The lowest BCUT2D eigenvalue weighted by Crippen LogP contribution is -2.36. The van der Waals surface area contributed by atoms with E-state index in [4.69, 9.17) is 14.2 Å². The first-order valence-corrected chi connectivity index (χ1v) is 8.54. The maximum atomic E-state index is 12.2. The SMILES string of the molecule is CN=C(NCc1ccc(OCC(F)(F)F)cc1)NCc1ccc2c(c1)OCO2.I. The van der Waals surface area contributed by atoms with E-state index < -0.39 is 12.8 Å². The molecule has 2 aromatic rings. The van der Waals surface area contributed by atoms with Crippen molar-refractivity contribution in [3.8, 4) is 17.2 Å². The molecular weight excluding hydrogens is 502 g/mol. The van der Waals surface area contributed by atoms with Crippen molar-refractivity contribution in [1.29, 1.82) is 0 Å². The number of rotatable bonds is 6. The topological polar surface area (TPSA) is 64.1 Å². The molecule has 158 valence electrons. The maximum absolute atomic E-state index is 12.2. The summed E-state index contributed by atoms with van der Waals surface area (Å²) in [6, 6.07) is 12.1. The number of nitrogens with zero attached hydrogens (tertiary/aromatic N) is 1. The van der Waals surface area contributed by atoms with E-state index in [0.29, 0.717) is 19.0 Å². The number of halogens is 4. The van der Waals surface area contributed by atoms with Gasteiger partial charge in [0.05, 0.1) is 0 Å². The molecule has 0 amide bonds. The quantitative estimate of drug-likeness (QED) is 0.343. The minimum absolute atomic E-state index is 0. The average molecular weight is 523 g/mol. The first-order chi connectivity index (χ1) is 13.4. The molecule has 1 aliphatic heterocycles. The molecule has 1 heterocycles. The number of nitrogens with one attached hydrogen (secondary N) is 2. The van der Waals surface area contributed by atoms with E-state index in [0.717, 1.165) is 22.6 Å². The predicted octanol–water partition coefficient (Wildman–Crippen LogP) is 3.84. The van der Waals surface area contributed by atoms with E-state index in [2.05, 4.69) is 15.6 Å². The van der Waals surface area contributed by atoms with Crippen molar-refractivity contribution in [2.24, 2.45) is 4.99 Å². The number of aliphatic imine (C=N–C) groups is 1. The molecule has 0 radical (unpaired) electrons. The fourth-order valence-electron chi connectivity index (χ4n) is 2.51. The lowest BCUT2D eigenvalue weighted by Gasteiger charge is -2.13. The Morgan fingerprint density at radius 2 is 1.62 bits per heavy atom. The second-order valence-electron chi connectivity index (χ2n) is 6.01. The van der Waals surface area contributed by atoms with Gasteiger partial charge in [0.1, 0.15) is 5.75 Å². The van der Waals surface area contributed by atoms with Crippen LogP contribution >= 0.6 is 24.0 Å². The van der Waals surface area contributed by atoms with Crippen LogP contribution in [0.5, 0.6) is 17.2 Å². The van der Waals surface area contributed by atoms with Gasteiger partial charge >= 0.3 is 6.18 Å². The van der Waals surface area contributed by atoms with Gasteiger partial charge in [-0.2, -0.15) is 13.2 Å². The monoisotopic (exact) mass is 523 g/mol. The van der Waals surface area contributed by atoms with Crippen molar-refractivity contribution in [3.63, 3.8) is 0 Å². The summed E-state index contributed by atoms with van der Waals surface area (Å²) in [6.07, 6.45) is -4.35. The Kier molecular flexibility index (Phi) is 8.23. The van der Waals surface area contributed by atoms with E-state index in [1.165, 1.54) is 12.1 Å². The number of alkyl halides is 3. The third-order valence-corrected chi connectivity index (χ3v) is 3.91. The van der Waals surface area contributed by atoms with Crippen molar-refractivity contribution in [2.75, 3.05) is 20.4 Å². The molecular formula is C19H21F3IN3O3. The van der Waals surface area contributed by atoms with Crippen LogP contribution < -0.4 is 24.8 Å². The second-order valence-corrected chi connectivity index (χ2v) is 6.01. The van der Waals surface area contributed by atoms with Gasteiger partial charge in [0.25, 0.3) is 0 Å². The molecule has 0 saturated carbocycles. The molecule has 0 bridgehead atoms. The zero-order valence-corrected chi connectivity index (χ0v) is 17.9. The summed E-state index contributed by atoms with van der Waals surface area (Å²) in [5, 5.41) is 6.33. The molecule has 0 aromatic heterocycles. The zero-order valence-electron chi connectivity index (χ0n) is 15.6. The molecule has 0 spiro atoms. The number of ether oxygens (including phenoxy) is 3. The lowest BCUT2D eigenvalue weighted by atomic mass is 10.2. The Morgan fingerprint density at radius 1 is 1.00 bits per heavy atom. The van der Waals surface area contributed by atoms with Gasteiger partial charge in [0, 0.05) is 20.1 Å². The molecule has 29 heavy (non-hydrogen) atoms. The fraction of sp³-hybridized carbons (Fsp3) is 0.316. The van der Waals surface area contributed by atoms with Gasteiger partial charge in [0.2, 0.25) is 6.79 Å².